The third-order valence-corrected chi connectivity index (χ3v) is 4.52. The van der Waals surface area contributed by atoms with E-state index in [-0.39, 0.29) is 35.1 Å². The standard InChI is InChI=1S/C15H18O2.C8H8O3S.C4H6O2.Na/c1-2-3-11-14(15(16)17)12-7-10-13-8-5-4-6-9-13;9-12(10,11)7-6-8-4-2-1-3-5-8;1-3(2)4(5)6;/h4-10,12H,2-3,11H2,1H3,(H,16,17);1-7H,(H,9,10,11);1H2,2H3,(H,5,6);/q;;;+1/p-1. The molecule has 36 heavy (non-hydrogen) atoms. The number of carbonyl (C=O) groups excluding carboxylic acids is 1. The fourth-order valence-electron chi connectivity index (χ4n) is 2.20. The zero-order valence-corrected chi connectivity index (χ0v) is 23.6. The molecule has 0 aliphatic heterocycles. The summed E-state index contributed by atoms with van der Waals surface area (Å²) < 4.78 is 28.9. The summed E-state index contributed by atoms with van der Waals surface area (Å²) in [4.78, 5) is 20.4. The number of allylic oxidation sites excluding steroid dienone is 2. The molecule has 7 nitrogen and oxygen atoms in total. The van der Waals surface area contributed by atoms with Crippen molar-refractivity contribution >= 4 is 34.2 Å². The first-order valence-electron chi connectivity index (χ1n) is 10.7. The van der Waals surface area contributed by atoms with Crippen molar-refractivity contribution in [2.45, 2.75) is 33.1 Å². The van der Waals surface area contributed by atoms with Gasteiger partial charge in [-0.2, -0.15) is 8.42 Å². The molecule has 0 unspecified atom stereocenters. The molecule has 188 valence electrons. The van der Waals surface area contributed by atoms with Gasteiger partial charge in [-0.15, -0.1) is 0 Å². The van der Waals surface area contributed by atoms with E-state index in [1.54, 1.807) is 36.4 Å². The molecular weight excluding hydrogens is 491 g/mol. The smallest absolute Gasteiger partial charge is 0.545 e. The minimum absolute atomic E-state index is 0. The number of unbranched alkanes of at least 4 members (excludes halogenated alkanes) is 1. The summed E-state index contributed by atoms with van der Waals surface area (Å²) in [6.45, 7) is 6.53. The Morgan fingerprint density at radius 3 is 1.78 bits per heavy atom. The number of hydrogen-bond donors (Lipinski definition) is 2. The Hall–Kier alpha value is -2.75. The molecule has 0 saturated carbocycles. The van der Waals surface area contributed by atoms with Crippen molar-refractivity contribution in [2.75, 3.05) is 0 Å². The number of carboxylic acids is 2. The number of carbonyl (C=O) groups is 2. The van der Waals surface area contributed by atoms with E-state index in [0.29, 0.717) is 12.0 Å². The molecule has 2 N–H and O–H groups in total. The molecule has 0 atom stereocenters. The van der Waals surface area contributed by atoms with Gasteiger partial charge in [0.1, 0.15) is 0 Å². The van der Waals surface area contributed by atoms with Gasteiger partial charge in [-0.1, -0.05) is 98.8 Å². The van der Waals surface area contributed by atoms with E-state index >= 15 is 0 Å². The topological polar surface area (TPSA) is 132 Å². The molecule has 0 radical (unpaired) electrons. The Balaban J connectivity index is 0. The second-order valence-corrected chi connectivity index (χ2v) is 8.47. The van der Waals surface area contributed by atoms with Crippen LogP contribution in [-0.2, 0) is 19.7 Å². The summed E-state index contributed by atoms with van der Waals surface area (Å²) in [6.07, 6.45) is 9.28. The normalized spacial score (nSPS) is 10.9. The first-order chi connectivity index (χ1) is 16.5. The van der Waals surface area contributed by atoms with Crippen LogP contribution in [0.4, 0.5) is 0 Å². The van der Waals surface area contributed by atoms with Crippen molar-refractivity contribution in [3.05, 3.63) is 107 Å². The number of carboxylic acid groups (broad SMARTS) is 2. The minimum Gasteiger partial charge on any atom is -0.545 e. The van der Waals surface area contributed by atoms with E-state index in [0.717, 1.165) is 29.4 Å². The number of hydrogen-bond acceptors (Lipinski definition) is 5. The number of benzene rings is 2. The van der Waals surface area contributed by atoms with Crippen molar-refractivity contribution in [3.63, 3.8) is 0 Å². The average molecular weight is 523 g/mol. The molecule has 0 saturated heterocycles. The maximum Gasteiger partial charge on any atom is 1.00 e. The molecule has 0 bridgehead atoms. The van der Waals surface area contributed by atoms with Crippen molar-refractivity contribution in [1.29, 1.82) is 0 Å². The first-order valence-corrected chi connectivity index (χ1v) is 12.2. The van der Waals surface area contributed by atoms with E-state index in [1.807, 2.05) is 42.5 Å². The molecule has 0 aliphatic carbocycles. The summed E-state index contributed by atoms with van der Waals surface area (Å²) in [5.41, 5.74) is 2.34. The summed E-state index contributed by atoms with van der Waals surface area (Å²) in [5, 5.41) is 19.2. The number of aliphatic carboxylic acids is 2. The van der Waals surface area contributed by atoms with Crippen LogP contribution in [0, 0.1) is 0 Å². The Bertz CT molecular complexity index is 1110. The predicted octanol–water partition coefficient (Wildman–Crippen LogP) is 1.76. The quantitative estimate of drug-likeness (QED) is 0.222. The van der Waals surface area contributed by atoms with Crippen LogP contribution < -0.4 is 34.7 Å². The van der Waals surface area contributed by atoms with Gasteiger partial charge in [0.15, 0.2) is 0 Å². The molecule has 0 aliphatic rings. The van der Waals surface area contributed by atoms with Crippen LogP contribution in [0.5, 0.6) is 0 Å². The van der Waals surface area contributed by atoms with Gasteiger partial charge in [0.25, 0.3) is 10.1 Å². The van der Waals surface area contributed by atoms with Gasteiger partial charge < -0.3 is 15.0 Å². The monoisotopic (exact) mass is 522 g/mol. The van der Waals surface area contributed by atoms with Crippen LogP contribution >= 0.6 is 0 Å². The van der Waals surface area contributed by atoms with Crippen LogP contribution in [0.1, 0.15) is 44.2 Å². The fourth-order valence-corrected chi connectivity index (χ4v) is 2.53. The van der Waals surface area contributed by atoms with Crippen molar-refractivity contribution < 1.29 is 62.3 Å². The summed E-state index contributed by atoms with van der Waals surface area (Å²) in [7, 11) is -4.00. The molecule has 0 fully saturated rings. The van der Waals surface area contributed by atoms with Gasteiger partial charge >= 0.3 is 35.5 Å². The van der Waals surface area contributed by atoms with E-state index in [1.165, 1.54) is 13.0 Å². The second-order valence-electron chi connectivity index (χ2n) is 7.17. The third kappa shape index (κ3) is 20.6. The van der Waals surface area contributed by atoms with Gasteiger partial charge in [0.2, 0.25) is 0 Å². The van der Waals surface area contributed by atoms with Gasteiger partial charge in [-0.25, -0.2) is 4.79 Å². The van der Waals surface area contributed by atoms with Crippen molar-refractivity contribution in [1.82, 2.24) is 0 Å². The zero-order chi connectivity index (χ0) is 26.7. The molecule has 0 aromatic heterocycles. The van der Waals surface area contributed by atoms with Gasteiger partial charge in [0.05, 0.1) is 11.4 Å². The minimum atomic E-state index is -4.00. The Kier molecular flexibility index (Phi) is 20.1. The largest absolute Gasteiger partial charge is 1.00 e. The molecule has 0 spiro atoms. The summed E-state index contributed by atoms with van der Waals surface area (Å²) in [5.74, 6) is -2.01. The van der Waals surface area contributed by atoms with Crippen LogP contribution in [0.15, 0.2) is 95.9 Å². The van der Waals surface area contributed by atoms with Gasteiger partial charge in [0, 0.05) is 5.57 Å². The molecular formula is C27H31NaO7S. The first kappa shape index (κ1) is 35.4. The van der Waals surface area contributed by atoms with Crippen LogP contribution in [0.25, 0.3) is 12.2 Å². The Labute approximate surface area is 235 Å². The van der Waals surface area contributed by atoms with Crippen LogP contribution in [0.3, 0.4) is 0 Å². The average Bonchev–Trinajstić information content (AvgIpc) is 2.81. The molecule has 2 aromatic carbocycles. The van der Waals surface area contributed by atoms with Crippen LogP contribution in [0.2, 0.25) is 0 Å². The SMILES string of the molecule is C=C(C)C(=O)[O-].CCCCC(=CC=Cc1ccccc1)C(=O)O.O=S(=O)(O)C=Cc1ccccc1.[Na+]. The number of rotatable bonds is 9. The maximum atomic E-state index is 10.9. The molecule has 2 rings (SSSR count). The second kappa shape index (κ2) is 20.4. The van der Waals surface area contributed by atoms with Crippen LogP contribution in [-0.4, -0.2) is 30.0 Å². The zero-order valence-electron chi connectivity index (χ0n) is 20.8. The van der Waals surface area contributed by atoms with Crippen molar-refractivity contribution in [2.24, 2.45) is 0 Å². The van der Waals surface area contributed by atoms with Crippen molar-refractivity contribution in [3.8, 4) is 0 Å². The van der Waals surface area contributed by atoms with E-state index < -0.39 is 22.1 Å². The fraction of sp³-hybridized carbons (Fsp3) is 0.185. The van der Waals surface area contributed by atoms with Gasteiger partial charge in [-0.05, 0) is 42.5 Å². The molecule has 9 heteroatoms. The van der Waals surface area contributed by atoms with Gasteiger partial charge in [-0.3, -0.25) is 4.55 Å². The molecule has 2 aromatic rings. The Morgan fingerprint density at radius 1 is 0.972 bits per heavy atom. The predicted molar refractivity (Wildman–Crippen MR) is 138 cm³/mol. The summed E-state index contributed by atoms with van der Waals surface area (Å²) >= 11 is 0. The van der Waals surface area contributed by atoms with E-state index in [9.17, 15) is 23.1 Å². The molecule has 0 amide bonds. The summed E-state index contributed by atoms with van der Waals surface area (Å²) in [6, 6.07) is 18.7. The molecule has 0 heterocycles. The van der Waals surface area contributed by atoms with E-state index in [4.69, 9.17) is 9.66 Å². The maximum absolute atomic E-state index is 10.9. The van der Waals surface area contributed by atoms with E-state index in [2.05, 4.69) is 13.5 Å². The third-order valence-electron chi connectivity index (χ3n) is 4.04. The Morgan fingerprint density at radius 2 is 1.42 bits per heavy atom.